The summed E-state index contributed by atoms with van der Waals surface area (Å²) in [6, 6.07) is 0. The Labute approximate surface area is 87.4 Å². The molecule has 0 aliphatic heterocycles. The molecule has 0 aromatic rings. The van der Waals surface area contributed by atoms with E-state index in [1.54, 1.807) is 0 Å². The minimum Gasteiger partial charge on any atom is -0.396 e. The predicted octanol–water partition coefficient (Wildman–Crippen LogP) is 1.98. The SMILES string of the molecule is CC(C)(C)OCCOC(C)(C)CCO. The van der Waals surface area contributed by atoms with Gasteiger partial charge >= 0.3 is 0 Å². The lowest BCUT2D eigenvalue weighted by molar-refractivity contribution is -0.0845. The van der Waals surface area contributed by atoms with E-state index in [0.29, 0.717) is 19.6 Å². The van der Waals surface area contributed by atoms with Gasteiger partial charge in [-0.3, -0.25) is 0 Å². The summed E-state index contributed by atoms with van der Waals surface area (Å²) < 4.78 is 11.1. The molecule has 0 atom stereocenters. The zero-order chi connectivity index (χ0) is 11.2. The van der Waals surface area contributed by atoms with Crippen molar-refractivity contribution in [1.29, 1.82) is 0 Å². The maximum atomic E-state index is 8.78. The molecule has 0 aliphatic rings. The highest BCUT2D eigenvalue weighted by atomic mass is 16.5. The Hall–Kier alpha value is -0.120. The van der Waals surface area contributed by atoms with Crippen LogP contribution < -0.4 is 0 Å². The van der Waals surface area contributed by atoms with Crippen molar-refractivity contribution in [2.45, 2.75) is 52.2 Å². The van der Waals surface area contributed by atoms with Gasteiger partial charge in [0.25, 0.3) is 0 Å². The summed E-state index contributed by atoms with van der Waals surface area (Å²) in [5.41, 5.74) is -0.361. The van der Waals surface area contributed by atoms with Crippen molar-refractivity contribution in [2.24, 2.45) is 0 Å². The monoisotopic (exact) mass is 204 g/mol. The van der Waals surface area contributed by atoms with E-state index in [-0.39, 0.29) is 17.8 Å². The van der Waals surface area contributed by atoms with Gasteiger partial charge in [-0.15, -0.1) is 0 Å². The topological polar surface area (TPSA) is 38.7 Å². The van der Waals surface area contributed by atoms with Crippen molar-refractivity contribution in [3.05, 3.63) is 0 Å². The lowest BCUT2D eigenvalue weighted by Crippen LogP contribution is -2.29. The molecule has 0 rings (SSSR count). The summed E-state index contributed by atoms with van der Waals surface area (Å²) in [5.74, 6) is 0. The lowest BCUT2D eigenvalue weighted by atomic mass is 10.1. The molecule has 0 heterocycles. The van der Waals surface area contributed by atoms with Crippen molar-refractivity contribution in [2.75, 3.05) is 19.8 Å². The highest BCUT2D eigenvalue weighted by Gasteiger charge is 2.17. The average molecular weight is 204 g/mol. The maximum Gasteiger partial charge on any atom is 0.0708 e. The molecule has 14 heavy (non-hydrogen) atoms. The summed E-state index contributed by atoms with van der Waals surface area (Å²) in [7, 11) is 0. The molecular weight excluding hydrogens is 180 g/mol. The number of ether oxygens (including phenoxy) is 2. The van der Waals surface area contributed by atoms with Crippen molar-refractivity contribution in [3.8, 4) is 0 Å². The minimum atomic E-state index is -0.254. The van der Waals surface area contributed by atoms with E-state index < -0.39 is 0 Å². The second-order valence-corrected chi connectivity index (χ2v) is 5.04. The number of aliphatic hydroxyl groups excluding tert-OH is 1. The molecule has 0 saturated heterocycles. The van der Waals surface area contributed by atoms with E-state index in [4.69, 9.17) is 14.6 Å². The fourth-order valence-electron chi connectivity index (χ4n) is 1.01. The van der Waals surface area contributed by atoms with Gasteiger partial charge < -0.3 is 14.6 Å². The molecule has 0 aromatic heterocycles. The fourth-order valence-corrected chi connectivity index (χ4v) is 1.01. The predicted molar refractivity (Wildman–Crippen MR) is 57.4 cm³/mol. The minimum absolute atomic E-state index is 0.107. The molecule has 3 heteroatoms. The largest absolute Gasteiger partial charge is 0.396 e. The Kier molecular flexibility index (Phi) is 5.64. The number of hydrogen-bond donors (Lipinski definition) is 1. The van der Waals surface area contributed by atoms with Crippen LogP contribution in [-0.2, 0) is 9.47 Å². The van der Waals surface area contributed by atoms with Crippen molar-refractivity contribution in [1.82, 2.24) is 0 Å². The van der Waals surface area contributed by atoms with Gasteiger partial charge in [-0.2, -0.15) is 0 Å². The van der Waals surface area contributed by atoms with Gasteiger partial charge in [0, 0.05) is 6.61 Å². The first-order valence-electron chi connectivity index (χ1n) is 5.16. The fraction of sp³-hybridized carbons (Fsp3) is 1.00. The number of rotatable bonds is 6. The normalized spacial score (nSPS) is 13.3. The van der Waals surface area contributed by atoms with Crippen LogP contribution in [0.4, 0.5) is 0 Å². The van der Waals surface area contributed by atoms with Crippen LogP contribution in [0.5, 0.6) is 0 Å². The standard InChI is InChI=1S/C11H24O3/c1-10(2,3)13-8-9-14-11(4,5)6-7-12/h12H,6-9H2,1-5H3. The van der Waals surface area contributed by atoms with Crippen LogP contribution in [0.25, 0.3) is 0 Å². The Morgan fingerprint density at radius 3 is 1.86 bits per heavy atom. The van der Waals surface area contributed by atoms with Crippen LogP contribution in [0.3, 0.4) is 0 Å². The molecule has 0 fully saturated rings. The van der Waals surface area contributed by atoms with Gasteiger partial charge in [0.15, 0.2) is 0 Å². The Morgan fingerprint density at radius 1 is 0.929 bits per heavy atom. The van der Waals surface area contributed by atoms with Gasteiger partial charge in [-0.1, -0.05) is 0 Å². The van der Waals surface area contributed by atoms with E-state index in [1.165, 1.54) is 0 Å². The smallest absolute Gasteiger partial charge is 0.0708 e. The molecule has 3 nitrogen and oxygen atoms in total. The Morgan fingerprint density at radius 2 is 1.43 bits per heavy atom. The van der Waals surface area contributed by atoms with Crippen LogP contribution in [0.2, 0.25) is 0 Å². The molecule has 0 aliphatic carbocycles. The molecule has 0 unspecified atom stereocenters. The third-order valence-electron chi connectivity index (χ3n) is 1.83. The number of aliphatic hydroxyl groups is 1. The first-order chi connectivity index (χ1) is 6.27. The molecule has 0 aromatic carbocycles. The van der Waals surface area contributed by atoms with Crippen LogP contribution in [0, 0.1) is 0 Å². The lowest BCUT2D eigenvalue weighted by Gasteiger charge is -2.26. The second kappa shape index (κ2) is 5.69. The highest BCUT2D eigenvalue weighted by molar-refractivity contribution is 4.67. The Balaban J connectivity index is 3.54. The van der Waals surface area contributed by atoms with E-state index >= 15 is 0 Å². The molecule has 86 valence electrons. The van der Waals surface area contributed by atoms with Crippen LogP contribution in [0.1, 0.15) is 41.0 Å². The summed E-state index contributed by atoms with van der Waals surface area (Å²) in [6.45, 7) is 11.3. The van der Waals surface area contributed by atoms with Crippen LogP contribution in [0.15, 0.2) is 0 Å². The summed E-state index contributed by atoms with van der Waals surface area (Å²) >= 11 is 0. The zero-order valence-electron chi connectivity index (χ0n) is 10.1. The third-order valence-corrected chi connectivity index (χ3v) is 1.83. The molecular formula is C11H24O3. The van der Waals surface area contributed by atoms with E-state index in [1.807, 2.05) is 34.6 Å². The van der Waals surface area contributed by atoms with Crippen molar-refractivity contribution < 1.29 is 14.6 Å². The number of hydrogen-bond acceptors (Lipinski definition) is 3. The molecule has 0 bridgehead atoms. The van der Waals surface area contributed by atoms with Gasteiger partial charge in [0.1, 0.15) is 0 Å². The maximum absolute atomic E-state index is 8.78. The highest BCUT2D eigenvalue weighted by Crippen LogP contribution is 2.14. The first-order valence-corrected chi connectivity index (χ1v) is 5.16. The van der Waals surface area contributed by atoms with Gasteiger partial charge in [-0.25, -0.2) is 0 Å². The quantitative estimate of drug-likeness (QED) is 0.672. The zero-order valence-corrected chi connectivity index (χ0v) is 10.1. The molecule has 0 radical (unpaired) electrons. The van der Waals surface area contributed by atoms with Crippen molar-refractivity contribution in [3.63, 3.8) is 0 Å². The molecule has 0 amide bonds. The van der Waals surface area contributed by atoms with E-state index in [0.717, 1.165) is 0 Å². The molecule has 1 N–H and O–H groups in total. The summed E-state index contributed by atoms with van der Waals surface area (Å²) in [4.78, 5) is 0. The van der Waals surface area contributed by atoms with E-state index in [9.17, 15) is 0 Å². The Bertz CT molecular complexity index is 147. The van der Waals surface area contributed by atoms with E-state index in [2.05, 4.69) is 0 Å². The summed E-state index contributed by atoms with van der Waals surface area (Å²) in [6.07, 6.45) is 0.655. The van der Waals surface area contributed by atoms with Gasteiger partial charge in [0.05, 0.1) is 24.4 Å². The molecule has 0 spiro atoms. The molecule has 0 saturated carbocycles. The van der Waals surface area contributed by atoms with Crippen LogP contribution in [-0.4, -0.2) is 36.1 Å². The van der Waals surface area contributed by atoms with Gasteiger partial charge in [0.2, 0.25) is 0 Å². The van der Waals surface area contributed by atoms with Crippen LogP contribution >= 0.6 is 0 Å². The average Bonchev–Trinajstić information content (AvgIpc) is 1.96. The first kappa shape index (κ1) is 13.9. The second-order valence-electron chi connectivity index (χ2n) is 5.04. The third kappa shape index (κ3) is 8.48. The van der Waals surface area contributed by atoms with Gasteiger partial charge in [-0.05, 0) is 41.0 Å². The van der Waals surface area contributed by atoms with Crippen molar-refractivity contribution >= 4 is 0 Å². The summed E-state index contributed by atoms with van der Waals surface area (Å²) in [5, 5.41) is 8.78.